The van der Waals surface area contributed by atoms with Gasteiger partial charge >= 0.3 is 57.5 Å². The third-order valence-electron chi connectivity index (χ3n) is 0. The molecule has 0 aromatic heterocycles. The van der Waals surface area contributed by atoms with Gasteiger partial charge in [-0.1, -0.05) is 0 Å². The van der Waals surface area contributed by atoms with E-state index in [2.05, 4.69) is 15.9 Å². The minimum absolute atomic E-state index is 0. The van der Waals surface area contributed by atoms with Crippen molar-refractivity contribution in [3.63, 3.8) is 0 Å². The average Bonchev–Trinajstić information content (AvgIpc) is 1.00. The van der Waals surface area contributed by atoms with Crippen LogP contribution >= 0.6 is 0 Å². The van der Waals surface area contributed by atoms with E-state index >= 15 is 0 Å². The smallest absolute Gasteiger partial charge is 0 e. The molecule has 0 aromatic carbocycles. The van der Waals surface area contributed by atoms with Crippen molar-refractivity contribution in [2.75, 3.05) is 0 Å². The Bertz CT molecular complexity index is 13.5. The maximum Gasteiger partial charge on any atom is 0 e. The van der Waals surface area contributed by atoms with Crippen LogP contribution < -0.4 is 0 Å². The van der Waals surface area contributed by atoms with Crippen LogP contribution in [0.2, 0.25) is 0 Å². The van der Waals surface area contributed by atoms with Crippen molar-refractivity contribution < 1.29 is 48.5 Å². The summed E-state index contributed by atoms with van der Waals surface area (Å²) in [6, 6.07) is 0. The molecule has 0 aliphatic rings. The van der Waals surface area contributed by atoms with E-state index in [1.807, 2.05) is 0 Å². The predicted octanol–water partition coefficient (Wildman–Crippen LogP) is -0.280. The van der Waals surface area contributed by atoms with Crippen molar-refractivity contribution in [3.05, 3.63) is 0 Å². The van der Waals surface area contributed by atoms with E-state index in [0.29, 0.717) is 0 Å². The second-order valence-corrected chi connectivity index (χ2v) is 0. The van der Waals surface area contributed by atoms with Gasteiger partial charge in [-0.15, -0.1) is 0 Å². The fourth-order valence-corrected chi connectivity index (χ4v) is 0. The third-order valence-corrected chi connectivity index (χ3v) is 0. The molecule has 0 N–H and O–H groups in total. The fraction of sp³-hybridized carbons (Fsp3) is 0. The molecule has 0 saturated heterocycles. The van der Waals surface area contributed by atoms with Crippen LogP contribution in [0.1, 0.15) is 2.85 Å². The van der Waals surface area contributed by atoms with Crippen LogP contribution in [0, 0.1) is 0 Å². The van der Waals surface area contributed by atoms with Gasteiger partial charge in [0.15, 0.2) is 0 Å². The molecule has 0 aliphatic heterocycles. The topological polar surface area (TPSA) is 17.1 Å². The summed E-state index contributed by atoms with van der Waals surface area (Å²) in [4.78, 5) is 0. The Morgan fingerprint density at radius 1 is 1.50 bits per heavy atom. The Morgan fingerprint density at radius 3 is 1.50 bits per heavy atom. The maximum atomic E-state index is 7.81. The molecule has 0 rings (SSSR count). The second kappa shape index (κ2) is 18.0. The van der Waals surface area contributed by atoms with Crippen molar-refractivity contribution in [3.8, 4) is 0 Å². The zero-order valence-corrected chi connectivity index (χ0v) is 6.95. The molecule has 0 aromatic rings. The summed E-state index contributed by atoms with van der Waals surface area (Å²) in [7, 11) is 0. The molecule has 1 radical (unpaired) electrons. The largest absolute Gasteiger partial charge is 0 e. The second-order valence-electron chi connectivity index (χ2n) is 0. The van der Waals surface area contributed by atoms with Crippen LogP contribution in [0.15, 0.2) is 0 Å². The first-order chi connectivity index (χ1) is 1.00. The summed E-state index contributed by atoms with van der Waals surface area (Å²) in [5, 5.41) is 0. The van der Waals surface area contributed by atoms with E-state index in [4.69, 9.17) is 3.83 Å². The maximum absolute atomic E-state index is 7.81. The standard InChI is InChI=1S/Ca.Cu.O.Sc.2H/q+2;;;;2*-1. The Balaban J connectivity index is -0.000000000833. The van der Waals surface area contributed by atoms with E-state index < -0.39 is 0 Å². The van der Waals surface area contributed by atoms with Crippen LogP contribution in [0.4, 0.5) is 0 Å². The van der Waals surface area contributed by atoms with Crippen molar-refractivity contribution in [2.24, 2.45) is 0 Å². The van der Waals surface area contributed by atoms with Gasteiger partial charge in [-0.3, -0.25) is 0 Å². The number of hydrogen-bond donors (Lipinski definition) is 0. The Kier molecular flexibility index (Phi) is 72.4. The summed E-state index contributed by atoms with van der Waals surface area (Å²) >= 11 is 2.94. The molecule has 0 aliphatic carbocycles. The van der Waals surface area contributed by atoms with Crippen LogP contribution in [0.5, 0.6) is 0 Å². The summed E-state index contributed by atoms with van der Waals surface area (Å²) in [5.74, 6) is 0. The molecule has 24 valence electrons. The van der Waals surface area contributed by atoms with Gasteiger partial charge in [0, 0.05) is 25.8 Å². The summed E-state index contributed by atoms with van der Waals surface area (Å²) in [6.07, 6.45) is 0. The Morgan fingerprint density at radius 2 is 1.50 bits per heavy atom. The van der Waals surface area contributed by atoms with E-state index in [0.717, 1.165) is 0 Å². The minimum Gasteiger partial charge on any atom is 0 e. The van der Waals surface area contributed by atoms with Crippen molar-refractivity contribution in [1.29, 1.82) is 0 Å². The number of rotatable bonds is 0. The third kappa shape index (κ3) is 8.82. The first-order valence-corrected chi connectivity index (χ1v) is 0.508. The summed E-state index contributed by atoms with van der Waals surface area (Å²) < 4.78 is 7.81. The van der Waals surface area contributed by atoms with Crippen LogP contribution in [-0.4, -0.2) is 37.7 Å². The van der Waals surface area contributed by atoms with E-state index in [1.54, 1.807) is 0 Å². The molecule has 4 heavy (non-hydrogen) atoms. The first kappa shape index (κ1) is 16.1. The average molecular weight is 167 g/mol. The zero-order valence-electron chi connectivity index (χ0n) is 3.99. The molecule has 0 saturated carbocycles. The van der Waals surface area contributed by atoms with Crippen molar-refractivity contribution in [2.45, 2.75) is 0 Å². The van der Waals surface area contributed by atoms with Crippen molar-refractivity contribution in [1.82, 2.24) is 0 Å². The molecule has 1 nitrogen and oxygen atoms in total. The summed E-state index contributed by atoms with van der Waals surface area (Å²) in [6.45, 7) is 0. The predicted molar refractivity (Wildman–Crippen MR) is 8.66 cm³/mol. The van der Waals surface area contributed by atoms with Gasteiger partial charge in [0.25, 0.3) is 0 Å². The SMILES string of the molecule is [Ca+2].[H-].[H-].[O]=[Cu].[Sc]. The van der Waals surface area contributed by atoms with E-state index in [9.17, 15) is 0 Å². The normalized spacial score (nSPS) is 1.50. The quantitative estimate of drug-likeness (QED) is 0.453. The van der Waals surface area contributed by atoms with Crippen LogP contribution in [0.3, 0.4) is 0 Å². The van der Waals surface area contributed by atoms with Gasteiger partial charge < -0.3 is 2.85 Å². The van der Waals surface area contributed by atoms with Gasteiger partial charge in [-0.2, -0.15) is 0 Å². The van der Waals surface area contributed by atoms with Gasteiger partial charge in [-0.25, -0.2) is 0 Å². The van der Waals surface area contributed by atoms with Crippen LogP contribution in [0.25, 0.3) is 0 Å². The van der Waals surface area contributed by atoms with Gasteiger partial charge in [0.05, 0.1) is 0 Å². The Hall–Kier alpha value is 2.45. The molecule has 0 atom stereocenters. The molecule has 4 heteroatoms. The minimum atomic E-state index is 0. The van der Waals surface area contributed by atoms with E-state index in [-0.39, 0.29) is 66.4 Å². The Labute approximate surface area is 84.7 Å². The molecular weight excluding hydrogens is 165 g/mol. The van der Waals surface area contributed by atoms with Gasteiger partial charge in [0.2, 0.25) is 0 Å². The monoisotopic (exact) mass is 166 g/mol. The first-order valence-electron chi connectivity index (χ1n) is 0.123. The van der Waals surface area contributed by atoms with Crippen molar-refractivity contribution >= 4 is 37.7 Å². The summed E-state index contributed by atoms with van der Waals surface area (Å²) in [5.41, 5.74) is 0. The van der Waals surface area contributed by atoms with E-state index in [1.165, 1.54) is 0 Å². The van der Waals surface area contributed by atoms with Crippen LogP contribution in [-0.2, 0) is 45.6 Å². The molecule has 0 heterocycles. The molecule has 0 unspecified atom stereocenters. The van der Waals surface area contributed by atoms with Gasteiger partial charge in [-0.05, 0) is 0 Å². The molecule has 0 spiro atoms. The van der Waals surface area contributed by atoms with Gasteiger partial charge in [0.1, 0.15) is 0 Å². The number of hydrogen-bond acceptors (Lipinski definition) is 1. The fourth-order valence-electron chi connectivity index (χ4n) is 0. The molecule has 0 amide bonds. The molecule has 0 fully saturated rings. The molecular formula is H2CaCuOSc. The molecule has 0 bridgehead atoms. The zero-order chi connectivity index (χ0) is 2.00.